The fourth-order valence-electron chi connectivity index (χ4n) is 2.10. The zero-order valence-corrected chi connectivity index (χ0v) is 13.1. The highest BCUT2D eigenvalue weighted by Crippen LogP contribution is 2.44. The fourth-order valence-corrected chi connectivity index (χ4v) is 3.94. The van der Waals surface area contributed by atoms with Crippen LogP contribution in [0.1, 0.15) is 26.4 Å². The van der Waals surface area contributed by atoms with Crippen molar-refractivity contribution >= 4 is 40.9 Å². The highest BCUT2D eigenvalue weighted by atomic mass is 32.1. The Hall–Kier alpha value is -1.52. The van der Waals surface area contributed by atoms with Gasteiger partial charge in [0.1, 0.15) is 13.2 Å². The van der Waals surface area contributed by atoms with E-state index >= 15 is 0 Å². The summed E-state index contributed by atoms with van der Waals surface area (Å²) >= 11 is 3.50. The molecule has 104 valence electrons. The molecule has 20 heavy (non-hydrogen) atoms. The third-order valence-electron chi connectivity index (χ3n) is 2.97. The monoisotopic (exact) mass is 304 g/mol. The molecule has 0 saturated carbocycles. The van der Waals surface area contributed by atoms with Crippen molar-refractivity contribution in [1.29, 1.82) is 0 Å². The number of fused-ring (bicyclic) bond motifs is 1. The van der Waals surface area contributed by atoms with Crippen LogP contribution in [0.5, 0.6) is 11.5 Å². The lowest BCUT2D eigenvalue weighted by Crippen LogP contribution is -2.14. The lowest BCUT2D eigenvalue weighted by molar-refractivity contribution is 0.172. The van der Waals surface area contributed by atoms with Crippen molar-refractivity contribution in [2.24, 2.45) is 0 Å². The molecule has 1 aliphatic rings. The summed E-state index contributed by atoms with van der Waals surface area (Å²) in [7, 11) is 0. The molecular formula is C16H16O2S2. The highest BCUT2D eigenvalue weighted by Gasteiger charge is 2.20. The van der Waals surface area contributed by atoms with Gasteiger partial charge in [-0.05, 0) is 44.2 Å². The molecule has 0 radical (unpaired) electrons. The average molecular weight is 304 g/mol. The summed E-state index contributed by atoms with van der Waals surface area (Å²) < 4.78 is 11.4. The minimum absolute atomic E-state index is 0.633. The Morgan fingerprint density at radius 2 is 1.65 bits per heavy atom. The maximum atomic E-state index is 5.73. The van der Waals surface area contributed by atoms with Crippen LogP contribution in [0, 0.1) is 6.92 Å². The number of hydrogen-bond acceptors (Lipinski definition) is 4. The van der Waals surface area contributed by atoms with Crippen molar-refractivity contribution in [3.63, 3.8) is 0 Å². The summed E-state index contributed by atoms with van der Waals surface area (Å²) in [5.74, 6) is 1.82. The number of ether oxygens (including phenoxy) is 2. The number of hydrogen-bond donors (Lipinski definition) is 0. The third kappa shape index (κ3) is 2.67. The summed E-state index contributed by atoms with van der Waals surface area (Å²) in [4.78, 5) is 4.84. The summed E-state index contributed by atoms with van der Waals surface area (Å²) in [5, 5.41) is 0. The first kappa shape index (κ1) is 13.5. The van der Waals surface area contributed by atoms with E-state index in [0.717, 1.165) is 16.4 Å². The number of allylic oxidation sites excluding steroid dienone is 1. The Labute approximate surface area is 127 Å². The largest absolute Gasteiger partial charge is 0.485 e. The van der Waals surface area contributed by atoms with E-state index in [4.69, 9.17) is 9.47 Å². The Kier molecular flexibility index (Phi) is 3.94. The first-order chi connectivity index (χ1) is 9.78. The summed E-state index contributed by atoms with van der Waals surface area (Å²) in [6, 6.07) is 4.28. The zero-order valence-electron chi connectivity index (χ0n) is 11.5. The van der Waals surface area contributed by atoms with Crippen LogP contribution in [0.25, 0.3) is 18.2 Å². The van der Waals surface area contributed by atoms with E-state index in [1.807, 2.05) is 6.92 Å². The van der Waals surface area contributed by atoms with Gasteiger partial charge in [0.05, 0.1) is 4.88 Å². The molecule has 0 aliphatic carbocycles. The molecule has 2 aromatic heterocycles. The molecule has 3 heterocycles. The average Bonchev–Trinajstić information content (AvgIpc) is 3.03. The Morgan fingerprint density at radius 1 is 0.950 bits per heavy atom. The highest BCUT2D eigenvalue weighted by molar-refractivity contribution is 7.14. The molecule has 0 bridgehead atoms. The van der Waals surface area contributed by atoms with E-state index in [9.17, 15) is 0 Å². The Bertz CT molecular complexity index is 662. The maximum absolute atomic E-state index is 5.73. The van der Waals surface area contributed by atoms with E-state index < -0.39 is 0 Å². The molecule has 3 rings (SSSR count). The first-order valence-electron chi connectivity index (χ1n) is 6.57. The zero-order chi connectivity index (χ0) is 13.9. The molecule has 0 unspecified atom stereocenters. The third-order valence-corrected chi connectivity index (χ3v) is 5.02. The second-order valence-electron chi connectivity index (χ2n) is 4.45. The van der Waals surface area contributed by atoms with Gasteiger partial charge >= 0.3 is 0 Å². The standard InChI is InChI=1S/C16H16O2S2/c1-3-4-12-5-6-13(20-12)7-8-14-16-15(11(2)19-14)17-9-10-18-16/h3-8H,9-10H2,1-2H3/b4-3+,8-7+. The van der Waals surface area contributed by atoms with Gasteiger partial charge in [-0.1, -0.05) is 6.08 Å². The van der Waals surface area contributed by atoms with E-state index in [1.54, 1.807) is 22.7 Å². The molecule has 0 spiro atoms. The number of rotatable bonds is 3. The van der Waals surface area contributed by atoms with E-state index in [2.05, 4.69) is 43.4 Å². The van der Waals surface area contributed by atoms with Crippen molar-refractivity contribution in [2.45, 2.75) is 13.8 Å². The van der Waals surface area contributed by atoms with Crippen molar-refractivity contribution in [2.75, 3.05) is 13.2 Å². The van der Waals surface area contributed by atoms with Crippen molar-refractivity contribution in [1.82, 2.24) is 0 Å². The minimum Gasteiger partial charge on any atom is -0.485 e. The minimum atomic E-state index is 0.633. The fraction of sp³-hybridized carbons (Fsp3) is 0.250. The molecule has 0 aromatic carbocycles. The molecule has 0 amide bonds. The van der Waals surface area contributed by atoms with Gasteiger partial charge in [0.25, 0.3) is 0 Å². The SMILES string of the molecule is C/C=C/c1ccc(/C=C/c2sc(C)c3c2OCCO3)s1. The number of aryl methyl sites for hydroxylation is 1. The van der Waals surface area contributed by atoms with Crippen molar-refractivity contribution < 1.29 is 9.47 Å². The van der Waals surface area contributed by atoms with Gasteiger partial charge in [-0.3, -0.25) is 0 Å². The lowest BCUT2D eigenvalue weighted by atomic mass is 10.3. The molecule has 2 nitrogen and oxygen atoms in total. The summed E-state index contributed by atoms with van der Waals surface area (Å²) in [6.07, 6.45) is 8.44. The van der Waals surface area contributed by atoms with Gasteiger partial charge in [-0.25, -0.2) is 0 Å². The van der Waals surface area contributed by atoms with Crippen molar-refractivity contribution in [3.05, 3.63) is 37.7 Å². The van der Waals surface area contributed by atoms with Gasteiger partial charge in [-0.15, -0.1) is 22.7 Å². The normalized spacial score (nSPS) is 14.5. The smallest absolute Gasteiger partial charge is 0.179 e. The van der Waals surface area contributed by atoms with Gasteiger partial charge in [0.15, 0.2) is 11.5 Å². The topological polar surface area (TPSA) is 18.5 Å². The molecule has 4 heteroatoms. The van der Waals surface area contributed by atoms with E-state index in [1.165, 1.54) is 14.6 Å². The van der Waals surface area contributed by atoms with Crippen LogP contribution in [0.3, 0.4) is 0 Å². The van der Waals surface area contributed by atoms with E-state index in [-0.39, 0.29) is 0 Å². The molecule has 0 atom stereocenters. The molecule has 0 fully saturated rings. The quantitative estimate of drug-likeness (QED) is 0.786. The summed E-state index contributed by atoms with van der Waals surface area (Å²) in [6.45, 7) is 5.39. The van der Waals surface area contributed by atoms with Crippen LogP contribution in [-0.4, -0.2) is 13.2 Å². The molecule has 0 N–H and O–H groups in total. The maximum Gasteiger partial charge on any atom is 0.179 e. The molecule has 1 aliphatic heterocycles. The van der Waals surface area contributed by atoms with Crippen LogP contribution in [-0.2, 0) is 0 Å². The van der Waals surface area contributed by atoms with Gasteiger partial charge in [-0.2, -0.15) is 0 Å². The van der Waals surface area contributed by atoms with Crippen LogP contribution < -0.4 is 9.47 Å². The first-order valence-corrected chi connectivity index (χ1v) is 8.21. The second-order valence-corrected chi connectivity index (χ2v) is 6.85. The number of thiophene rings is 2. The van der Waals surface area contributed by atoms with Crippen LogP contribution in [0.2, 0.25) is 0 Å². The van der Waals surface area contributed by atoms with Crippen LogP contribution in [0.15, 0.2) is 18.2 Å². The predicted molar refractivity (Wildman–Crippen MR) is 88.0 cm³/mol. The molecule has 2 aromatic rings. The predicted octanol–water partition coefficient (Wildman–Crippen LogP) is 5.09. The van der Waals surface area contributed by atoms with Crippen LogP contribution >= 0.6 is 22.7 Å². The van der Waals surface area contributed by atoms with Gasteiger partial charge in [0.2, 0.25) is 0 Å². The molecular weight excluding hydrogens is 288 g/mol. The van der Waals surface area contributed by atoms with Crippen LogP contribution in [0.4, 0.5) is 0 Å². The van der Waals surface area contributed by atoms with Gasteiger partial charge < -0.3 is 9.47 Å². The lowest BCUT2D eigenvalue weighted by Gasteiger charge is -2.16. The Morgan fingerprint density at radius 3 is 2.40 bits per heavy atom. The van der Waals surface area contributed by atoms with Gasteiger partial charge in [0, 0.05) is 14.6 Å². The van der Waals surface area contributed by atoms with Crippen molar-refractivity contribution in [3.8, 4) is 11.5 Å². The molecule has 0 saturated heterocycles. The van der Waals surface area contributed by atoms with E-state index in [0.29, 0.717) is 13.2 Å². The Balaban J connectivity index is 1.85. The summed E-state index contributed by atoms with van der Waals surface area (Å²) in [5.41, 5.74) is 0. The second kappa shape index (κ2) is 5.85.